The van der Waals surface area contributed by atoms with Crippen LogP contribution in [0.4, 0.5) is 10.1 Å². The Labute approximate surface area is 195 Å². The van der Waals surface area contributed by atoms with Gasteiger partial charge in [0.05, 0.1) is 5.69 Å². The molecule has 0 spiro atoms. The van der Waals surface area contributed by atoms with Crippen molar-refractivity contribution >= 4 is 11.6 Å². The number of piperazine rings is 1. The highest BCUT2D eigenvalue weighted by Crippen LogP contribution is 2.18. The Bertz CT molecular complexity index is 1040. The van der Waals surface area contributed by atoms with Gasteiger partial charge >= 0.3 is 0 Å². The molecule has 1 saturated heterocycles. The van der Waals surface area contributed by atoms with Crippen molar-refractivity contribution in [2.24, 2.45) is 5.92 Å². The molecule has 1 amide bonds. The van der Waals surface area contributed by atoms with E-state index in [1.165, 1.54) is 12.1 Å². The standard InChI is InChI=1S/C26H32FN5O/c1-20(2)18-24-19-25(29-32(24)23-6-4-3-5-7-23)26(33)28-12-13-30-14-16-31(17-15-30)22-10-8-21(27)9-11-22/h3-11,19-20H,12-18H2,1-2H3,(H,28,33). The average molecular weight is 450 g/mol. The Morgan fingerprint density at radius 2 is 1.70 bits per heavy atom. The van der Waals surface area contributed by atoms with Gasteiger partial charge in [-0.15, -0.1) is 0 Å². The van der Waals surface area contributed by atoms with Gasteiger partial charge in [0.2, 0.25) is 0 Å². The second-order valence-electron chi connectivity index (χ2n) is 8.93. The summed E-state index contributed by atoms with van der Waals surface area (Å²) in [5.41, 5.74) is 3.51. The van der Waals surface area contributed by atoms with Crippen molar-refractivity contribution in [2.45, 2.75) is 20.3 Å². The molecule has 174 valence electrons. The summed E-state index contributed by atoms with van der Waals surface area (Å²) >= 11 is 0. The van der Waals surface area contributed by atoms with Gasteiger partial charge in [0.1, 0.15) is 5.82 Å². The molecule has 1 aliphatic rings. The molecule has 0 atom stereocenters. The molecule has 33 heavy (non-hydrogen) atoms. The van der Waals surface area contributed by atoms with Crippen LogP contribution in [-0.2, 0) is 6.42 Å². The van der Waals surface area contributed by atoms with Gasteiger partial charge in [-0.05, 0) is 54.8 Å². The fraction of sp³-hybridized carbons (Fsp3) is 0.385. The van der Waals surface area contributed by atoms with Crippen LogP contribution in [-0.4, -0.2) is 59.9 Å². The number of nitrogens with zero attached hydrogens (tertiary/aromatic N) is 4. The maximum absolute atomic E-state index is 13.1. The normalized spacial score (nSPS) is 14.6. The molecular formula is C26H32FN5O. The molecule has 2 heterocycles. The van der Waals surface area contributed by atoms with Gasteiger partial charge in [0, 0.05) is 50.6 Å². The zero-order valence-corrected chi connectivity index (χ0v) is 19.4. The van der Waals surface area contributed by atoms with E-state index in [-0.39, 0.29) is 11.7 Å². The first kappa shape index (κ1) is 23.0. The van der Waals surface area contributed by atoms with Crippen LogP contribution in [0.15, 0.2) is 60.7 Å². The number of para-hydroxylation sites is 1. The van der Waals surface area contributed by atoms with Crippen LogP contribution in [0.3, 0.4) is 0 Å². The molecule has 0 aliphatic carbocycles. The van der Waals surface area contributed by atoms with Crippen LogP contribution in [0.5, 0.6) is 0 Å². The van der Waals surface area contributed by atoms with Crippen LogP contribution in [0.2, 0.25) is 0 Å². The number of carbonyl (C=O) groups excluding carboxylic acids is 1. The number of halogens is 1. The number of carbonyl (C=O) groups is 1. The Hall–Kier alpha value is -3.19. The number of aromatic nitrogens is 2. The minimum Gasteiger partial charge on any atom is -0.369 e. The number of nitrogens with one attached hydrogen (secondary N) is 1. The Kier molecular flexibility index (Phi) is 7.40. The third kappa shape index (κ3) is 5.99. The van der Waals surface area contributed by atoms with Gasteiger partial charge in [0.25, 0.3) is 5.91 Å². The van der Waals surface area contributed by atoms with E-state index in [0.717, 1.165) is 56.2 Å². The predicted octanol–water partition coefficient (Wildman–Crippen LogP) is 3.76. The summed E-state index contributed by atoms with van der Waals surface area (Å²) in [5, 5.41) is 7.64. The SMILES string of the molecule is CC(C)Cc1cc(C(=O)NCCN2CCN(c3ccc(F)cc3)CC2)nn1-c1ccccc1. The lowest BCUT2D eigenvalue weighted by atomic mass is 10.1. The second kappa shape index (κ2) is 10.6. The van der Waals surface area contributed by atoms with Crippen LogP contribution in [0.1, 0.15) is 30.0 Å². The predicted molar refractivity (Wildman–Crippen MR) is 129 cm³/mol. The molecule has 1 aromatic heterocycles. The van der Waals surface area contributed by atoms with Crippen LogP contribution in [0.25, 0.3) is 5.69 Å². The zero-order chi connectivity index (χ0) is 23.2. The van der Waals surface area contributed by atoms with Crippen molar-refractivity contribution < 1.29 is 9.18 Å². The van der Waals surface area contributed by atoms with E-state index in [1.807, 2.05) is 53.2 Å². The fourth-order valence-electron chi connectivity index (χ4n) is 4.19. The molecule has 1 aliphatic heterocycles. The van der Waals surface area contributed by atoms with Gasteiger partial charge < -0.3 is 10.2 Å². The lowest BCUT2D eigenvalue weighted by Gasteiger charge is -2.36. The molecule has 0 saturated carbocycles. The Morgan fingerprint density at radius 1 is 1.00 bits per heavy atom. The van der Waals surface area contributed by atoms with E-state index in [9.17, 15) is 9.18 Å². The van der Waals surface area contributed by atoms with Crippen LogP contribution >= 0.6 is 0 Å². The van der Waals surface area contributed by atoms with Gasteiger partial charge in [-0.1, -0.05) is 32.0 Å². The smallest absolute Gasteiger partial charge is 0.271 e. The first-order chi connectivity index (χ1) is 16.0. The van der Waals surface area contributed by atoms with Crippen LogP contribution in [0, 0.1) is 11.7 Å². The number of hydrogen-bond acceptors (Lipinski definition) is 4. The first-order valence-electron chi connectivity index (χ1n) is 11.6. The van der Waals surface area contributed by atoms with E-state index in [2.05, 4.69) is 34.1 Å². The Morgan fingerprint density at radius 3 is 2.36 bits per heavy atom. The van der Waals surface area contributed by atoms with E-state index in [1.54, 1.807) is 0 Å². The molecule has 6 nitrogen and oxygen atoms in total. The minimum absolute atomic E-state index is 0.139. The lowest BCUT2D eigenvalue weighted by molar-refractivity contribution is 0.0942. The molecule has 7 heteroatoms. The fourth-order valence-corrected chi connectivity index (χ4v) is 4.19. The number of anilines is 1. The van der Waals surface area contributed by atoms with E-state index < -0.39 is 0 Å². The van der Waals surface area contributed by atoms with Crippen molar-refractivity contribution in [3.05, 3.63) is 77.9 Å². The third-order valence-corrected chi connectivity index (χ3v) is 5.91. The highest BCUT2D eigenvalue weighted by molar-refractivity contribution is 5.92. The highest BCUT2D eigenvalue weighted by atomic mass is 19.1. The number of benzene rings is 2. The monoisotopic (exact) mass is 449 g/mol. The van der Waals surface area contributed by atoms with E-state index in [4.69, 9.17) is 0 Å². The van der Waals surface area contributed by atoms with Gasteiger partial charge in [0.15, 0.2) is 5.69 Å². The van der Waals surface area contributed by atoms with Crippen molar-refractivity contribution in [3.8, 4) is 5.69 Å². The van der Waals surface area contributed by atoms with Crippen molar-refractivity contribution in [1.82, 2.24) is 20.0 Å². The molecule has 0 bridgehead atoms. The first-order valence-corrected chi connectivity index (χ1v) is 11.6. The van der Waals surface area contributed by atoms with E-state index >= 15 is 0 Å². The van der Waals surface area contributed by atoms with Crippen molar-refractivity contribution in [3.63, 3.8) is 0 Å². The molecule has 0 unspecified atom stereocenters. The highest BCUT2D eigenvalue weighted by Gasteiger charge is 2.19. The topological polar surface area (TPSA) is 53.4 Å². The molecular weight excluding hydrogens is 417 g/mol. The maximum atomic E-state index is 13.1. The summed E-state index contributed by atoms with van der Waals surface area (Å²) in [4.78, 5) is 17.4. The number of rotatable bonds is 8. The summed E-state index contributed by atoms with van der Waals surface area (Å²) in [6.45, 7) is 9.30. The summed E-state index contributed by atoms with van der Waals surface area (Å²) in [5.74, 6) is 0.117. The molecule has 1 fully saturated rings. The van der Waals surface area contributed by atoms with E-state index in [0.29, 0.717) is 18.2 Å². The van der Waals surface area contributed by atoms with Gasteiger partial charge in [-0.2, -0.15) is 5.10 Å². The summed E-state index contributed by atoms with van der Waals surface area (Å²) < 4.78 is 15.0. The van der Waals surface area contributed by atoms with Gasteiger partial charge in [-0.25, -0.2) is 9.07 Å². The lowest BCUT2D eigenvalue weighted by Crippen LogP contribution is -2.48. The maximum Gasteiger partial charge on any atom is 0.271 e. The van der Waals surface area contributed by atoms with Crippen molar-refractivity contribution in [1.29, 1.82) is 0 Å². The summed E-state index contributed by atoms with van der Waals surface area (Å²) in [6.07, 6.45) is 0.855. The molecule has 2 aromatic carbocycles. The number of hydrogen-bond donors (Lipinski definition) is 1. The second-order valence-corrected chi connectivity index (χ2v) is 8.93. The molecule has 3 aromatic rings. The molecule has 4 rings (SSSR count). The van der Waals surface area contributed by atoms with Crippen molar-refractivity contribution in [2.75, 3.05) is 44.2 Å². The quantitative estimate of drug-likeness (QED) is 0.569. The Balaban J connectivity index is 1.29. The summed E-state index contributed by atoms with van der Waals surface area (Å²) in [6, 6.07) is 18.5. The minimum atomic E-state index is -0.210. The largest absolute Gasteiger partial charge is 0.369 e. The average Bonchev–Trinajstić information content (AvgIpc) is 3.24. The van der Waals surface area contributed by atoms with Gasteiger partial charge in [-0.3, -0.25) is 9.69 Å². The summed E-state index contributed by atoms with van der Waals surface area (Å²) in [7, 11) is 0. The number of amides is 1. The zero-order valence-electron chi connectivity index (χ0n) is 19.4. The third-order valence-electron chi connectivity index (χ3n) is 5.91. The molecule has 1 N–H and O–H groups in total. The van der Waals surface area contributed by atoms with Crippen LogP contribution < -0.4 is 10.2 Å². The molecule has 0 radical (unpaired) electrons.